The first-order chi connectivity index (χ1) is 9.49. The maximum absolute atomic E-state index is 12.6. The third-order valence-corrected chi connectivity index (χ3v) is 4.36. The van der Waals surface area contributed by atoms with Crippen LogP contribution in [0.4, 0.5) is 0 Å². The lowest BCUT2D eigenvalue weighted by atomic mass is 10.0. The molecule has 0 aliphatic carbocycles. The molecule has 1 aromatic rings. The van der Waals surface area contributed by atoms with Crippen LogP contribution in [0.3, 0.4) is 0 Å². The molecule has 1 aliphatic rings. The first kappa shape index (κ1) is 15.7. The average molecular weight is 318 g/mol. The van der Waals surface area contributed by atoms with E-state index in [1.54, 1.807) is 6.07 Å². The Balaban J connectivity index is 2.09. The summed E-state index contributed by atoms with van der Waals surface area (Å²) in [5.74, 6) is -0.0545. The first-order valence-corrected chi connectivity index (χ1v) is 7.83. The summed E-state index contributed by atoms with van der Waals surface area (Å²) in [5, 5.41) is 4.17. The van der Waals surface area contributed by atoms with Crippen LogP contribution in [-0.2, 0) is 0 Å². The van der Waals surface area contributed by atoms with Crippen molar-refractivity contribution in [3.05, 3.63) is 21.9 Å². The largest absolute Gasteiger partial charge is 0.340 e. The number of aromatic nitrogens is 1. The van der Waals surface area contributed by atoms with Gasteiger partial charge in [0.2, 0.25) is 0 Å². The van der Waals surface area contributed by atoms with Crippen molar-refractivity contribution in [2.24, 2.45) is 0 Å². The quantitative estimate of drug-likeness (QED) is 0.895. The van der Waals surface area contributed by atoms with Gasteiger partial charge in [-0.05, 0) is 39.3 Å². The third kappa shape index (κ3) is 3.68. The minimum Gasteiger partial charge on any atom is -0.340 e. The van der Waals surface area contributed by atoms with Gasteiger partial charge in [0.1, 0.15) is 10.8 Å². The minimum atomic E-state index is -0.0545. The third-order valence-electron chi connectivity index (χ3n) is 3.67. The van der Waals surface area contributed by atoms with E-state index in [-0.39, 0.29) is 11.9 Å². The molecule has 1 fully saturated rings. The van der Waals surface area contributed by atoms with Gasteiger partial charge in [-0.15, -0.1) is 0 Å². The van der Waals surface area contributed by atoms with Crippen LogP contribution in [0.25, 0.3) is 0 Å². The van der Waals surface area contributed by atoms with Crippen molar-refractivity contribution in [3.8, 4) is 0 Å². The average Bonchev–Trinajstić information content (AvgIpc) is 2.76. The monoisotopic (exact) mass is 317 g/mol. The molecule has 1 atom stereocenters. The van der Waals surface area contributed by atoms with Crippen molar-refractivity contribution in [2.45, 2.75) is 45.2 Å². The predicted molar refractivity (Wildman–Crippen MR) is 82.6 cm³/mol. The normalized spacial score (nSPS) is 19.4. The molecule has 0 spiro atoms. The molecule has 1 saturated heterocycles. The summed E-state index contributed by atoms with van der Waals surface area (Å²) in [4.78, 5) is 17.3. The highest BCUT2D eigenvalue weighted by atomic mass is 35.5. The fourth-order valence-electron chi connectivity index (χ4n) is 2.52. The SMILES string of the molecule is CC(C)N(CC1CCCCN1)C(=O)c1cc(Cl)c(Cl)[nH]1. The molecule has 2 rings (SSSR count). The van der Waals surface area contributed by atoms with Crippen LogP contribution in [0.1, 0.15) is 43.6 Å². The molecule has 1 aliphatic heterocycles. The molecular weight excluding hydrogens is 297 g/mol. The number of H-pyrrole nitrogens is 1. The van der Waals surface area contributed by atoms with Gasteiger partial charge in [-0.3, -0.25) is 4.79 Å². The lowest BCUT2D eigenvalue weighted by Gasteiger charge is -2.33. The Morgan fingerprint density at radius 2 is 2.20 bits per heavy atom. The van der Waals surface area contributed by atoms with Gasteiger partial charge in [0.05, 0.1) is 5.02 Å². The number of carbonyl (C=O) groups excluding carboxylic acids is 1. The number of halogens is 2. The van der Waals surface area contributed by atoms with Gasteiger partial charge in [-0.25, -0.2) is 0 Å². The molecule has 0 saturated carbocycles. The van der Waals surface area contributed by atoms with Crippen LogP contribution >= 0.6 is 23.2 Å². The molecule has 0 bridgehead atoms. The Bertz CT molecular complexity index is 447. The minimum absolute atomic E-state index is 0.0545. The van der Waals surface area contributed by atoms with Gasteiger partial charge in [0.25, 0.3) is 5.91 Å². The highest BCUT2D eigenvalue weighted by Gasteiger charge is 2.25. The van der Waals surface area contributed by atoms with Gasteiger partial charge in [0.15, 0.2) is 0 Å². The number of rotatable bonds is 4. The molecule has 0 aromatic carbocycles. The standard InChI is InChI=1S/C14H21Cl2N3O/c1-9(2)19(8-10-5-3-4-6-17-10)14(20)12-7-11(15)13(16)18-12/h7,9-10,17-18H,3-6,8H2,1-2H3. The summed E-state index contributed by atoms with van der Waals surface area (Å²) in [6.07, 6.45) is 3.55. The van der Waals surface area contributed by atoms with Crippen molar-refractivity contribution in [3.63, 3.8) is 0 Å². The molecule has 112 valence electrons. The van der Waals surface area contributed by atoms with Crippen molar-refractivity contribution >= 4 is 29.1 Å². The van der Waals surface area contributed by atoms with Crippen molar-refractivity contribution in [2.75, 3.05) is 13.1 Å². The molecule has 2 N–H and O–H groups in total. The first-order valence-electron chi connectivity index (χ1n) is 7.07. The Labute approximate surface area is 129 Å². The second-order valence-electron chi connectivity index (χ2n) is 5.54. The number of aromatic amines is 1. The van der Waals surface area contributed by atoms with E-state index in [0.717, 1.165) is 13.0 Å². The number of hydrogen-bond donors (Lipinski definition) is 2. The van der Waals surface area contributed by atoms with E-state index in [1.807, 2.05) is 18.7 Å². The zero-order chi connectivity index (χ0) is 14.7. The maximum Gasteiger partial charge on any atom is 0.270 e. The van der Waals surface area contributed by atoms with Crippen LogP contribution in [0.15, 0.2) is 6.07 Å². The van der Waals surface area contributed by atoms with Crippen LogP contribution < -0.4 is 5.32 Å². The summed E-state index contributed by atoms with van der Waals surface area (Å²) in [6.45, 7) is 5.79. The van der Waals surface area contributed by atoms with Gasteiger partial charge >= 0.3 is 0 Å². The molecule has 4 nitrogen and oxygen atoms in total. The van der Waals surface area contributed by atoms with Gasteiger partial charge in [-0.1, -0.05) is 29.6 Å². The van der Waals surface area contributed by atoms with Crippen LogP contribution in [0.2, 0.25) is 10.2 Å². The number of nitrogens with zero attached hydrogens (tertiary/aromatic N) is 1. The zero-order valence-electron chi connectivity index (χ0n) is 11.9. The molecule has 6 heteroatoms. The maximum atomic E-state index is 12.6. The molecule has 1 unspecified atom stereocenters. The van der Waals surface area contributed by atoms with E-state index in [2.05, 4.69) is 10.3 Å². The van der Waals surface area contributed by atoms with E-state index in [9.17, 15) is 4.79 Å². The van der Waals surface area contributed by atoms with E-state index in [0.29, 0.717) is 28.5 Å². The molecule has 1 amide bonds. The fraction of sp³-hybridized carbons (Fsp3) is 0.643. The molecule has 1 aromatic heterocycles. The van der Waals surface area contributed by atoms with Crippen LogP contribution in [0.5, 0.6) is 0 Å². The van der Waals surface area contributed by atoms with Gasteiger partial charge in [0, 0.05) is 18.6 Å². The Kier molecular flexibility index (Phi) is 5.35. The number of nitrogens with one attached hydrogen (secondary N) is 2. The second kappa shape index (κ2) is 6.83. The predicted octanol–water partition coefficient (Wildman–Crippen LogP) is 3.31. The summed E-state index contributed by atoms with van der Waals surface area (Å²) in [7, 11) is 0. The number of piperidine rings is 1. The second-order valence-corrected chi connectivity index (χ2v) is 6.33. The van der Waals surface area contributed by atoms with Gasteiger partial charge < -0.3 is 15.2 Å². The lowest BCUT2D eigenvalue weighted by molar-refractivity contribution is 0.0671. The van der Waals surface area contributed by atoms with Crippen molar-refractivity contribution in [1.82, 2.24) is 15.2 Å². The number of hydrogen-bond acceptors (Lipinski definition) is 2. The highest BCUT2D eigenvalue weighted by Crippen LogP contribution is 2.23. The molecule has 2 heterocycles. The smallest absolute Gasteiger partial charge is 0.270 e. The van der Waals surface area contributed by atoms with Crippen molar-refractivity contribution < 1.29 is 4.79 Å². The van der Waals surface area contributed by atoms with E-state index in [4.69, 9.17) is 23.2 Å². The Morgan fingerprint density at radius 3 is 2.70 bits per heavy atom. The number of carbonyl (C=O) groups is 1. The van der Waals surface area contributed by atoms with Gasteiger partial charge in [-0.2, -0.15) is 0 Å². The van der Waals surface area contributed by atoms with E-state index >= 15 is 0 Å². The molecule has 20 heavy (non-hydrogen) atoms. The topological polar surface area (TPSA) is 48.1 Å². The summed E-state index contributed by atoms with van der Waals surface area (Å²) >= 11 is 11.8. The Hall–Kier alpha value is -0.710. The van der Waals surface area contributed by atoms with Crippen molar-refractivity contribution in [1.29, 1.82) is 0 Å². The van der Waals surface area contributed by atoms with E-state index < -0.39 is 0 Å². The molecular formula is C14H21Cl2N3O. The lowest BCUT2D eigenvalue weighted by Crippen LogP contribution is -2.48. The number of amides is 1. The van der Waals surface area contributed by atoms with E-state index in [1.165, 1.54) is 12.8 Å². The fourth-order valence-corrected chi connectivity index (χ4v) is 2.83. The summed E-state index contributed by atoms with van der Waals surface area (Å²) < 4.78 is 0. The molecule has 0 radical (unpaired) electrons. The Morgan fingerprint density at radius 1 is 1.45 bits per heavy atom. The van der Waals surface area contributed by atoms with Crippen LogP contribution in [0, 0.1) is 0 Å². The highest BCUT2D eigenvalue weighted by molar-refractivity contribution is 6.41. The summed E-state index contributed by atoms with van der Waals surface area (Å²) in [5.41, 5.74) is 0.449. The zero-order valence-corrected chi connectivity index (χ0v) is 13.4. The van der Waals surface area contributed by atoms with Crippen LogP contribution in [-0.4, -0.2) is 41.0 Å². The summed E-state index contributed by atoms with van der Waals surface area (Å²) in [6, 6.07) is 2.10.